The number of hydrogen-bond donors (Lipinski definition) is 1. The van der Waals surface area contributed by atoms with E-state index in [-0.39, 0.29) is 16.2 Å². The molecule has 1 amide bonds. The smallest absolute Gasteiger partial charge is 0.302 e. The van der Waals surface area contributed by atoms with Gasteiger partial charge in [-0.3, -0.25) is 4.79 Å². The number of phenols is 1. The summed E-state index contributed by atoms with van der Waals surface area (Å²) in [7, 11) is 5.54. The Balaban J connectivity index is 2.27. The summed E-state index contributed by atoms with van der Waals surface area (Å²) in [5.74, 6) is 0.503. The number of ether oxygens (including phenoxy) is 1. The third-order valence-electron chi connectivity index (χ3n) is 3.81. The van der Waals surface area contributed by atoms with Crippen LogP contribution in [0.3, 0.4) is 0 Å². The number of benzene rings is 1. The molecule has 2 rings (SSSR count). The van der Waals surface area contributed by atoms with Crippen LogP contribution in [0.4, 0.5) is 4.79 Å². The second-order valence-corrected chi connectivity index (χ2v) is 7.09. The molecule has 0 spiro atoms. The van der Waals surface area contributed by atoms with Crippen LogP contribution in [0.2, 0.25) is 0 Å². The summed E-state index contributed by atoms with van der Waals surface area (Å²) in [5.41, 5.74) is 1.72. The lowest BCUT2D eigenvalue weighted by atomic mass is 10.0. The standard InChI is InChI=1S/C17H25N3O3S/c1-5-15-16(12-7-8-13(21)14(11-12)23-4)18-20(17(22)24-15)10-6-9-19(2)3/h7-8,11,15,21H,5-6,9-10H2,1-4H3. The highest BCUT2D eigenvalue weighted by Gasteiger charge is 2.30. The Bertz CT molecular complexity index is 619. The summed E-state index contributed by atoms with van der Waals surface area (Å²) < 4.78 is 5.19. The van der Waals surface area contributed by atoms with Crippen LogP contribution >= 0.6 is 11.8 Å². The van der Waals surface area contributed by atoms with Gasteiger partial charge in [-0.15, -0.1) is 0 Å². The second kappa shape index (κ2) is 8.39. The summed E-state index contributed by atoms with van der Waals surface area (Å²) in [4.78, 5) is 14.4. The molecular formula is C17H25N3O3S. The zero-order chi connectivity index (χ0) is 17.7. The molecular weight excluding hydrogens is 326 g/mol. The average molecular weight is 351 g/mol. The summed E-state index contributed by atoms with van der Waals surface area (Å²) in [6, 6.07) is 5.18. The summed E-state index contributed by atoms with van der Waals surface area (Å²) in [6.07, 6.45) is 1.68. The highest BCUT2D eigenvalue weighted by atomic mass is 32.2. The SMILES string of the molecule is CCC1SC(=O)N(CCCN(C)C)N=C1c1ccc(O)c(OC)c1. The van der Waals surface area contributed by atoms with Crippen LogP contribution < -0.4 is 4.74 Å². The largest absolute Gasteiger partial charge is 0.504 e. The Morgan fingerprint density at radius 2 is 2.17 bits per heavy atom. The van der Waals surface area contributed by atoms with Crippen molar-refractivity contribution in [3.05, 3.63) is 23.8 Å². The van der Waals surface area contributed by atoms with E-state index in [1.165, 1.54) is 18.9 Å². The molecule has 7 heteroatoms. The van der Waals surface area contributed by atoms with E-state index in [0.717, 1.165) is 30.7 Å². The van der Waals surface area contributed by atoms with Gasteiger partial charge >= 0.3 is 5.24 Å². The lowest BCUT2D eigenvalue weighted by molar-refractivity contribution is 0.221. The fraction of sp³-hybridized carbons (Fsp3) is 0.529. The van der Waals surface area contributed by atoms with Crippen LogP contribution in [-0.2, 0) is 0 Å². The predicted octanol–water partition coefficient (Wildman–Crippen LogP) is 3.00. The fourth-order valence-corrected chi connectivity index (χ4v) is 3.47. The Morgan fingerprint density at radius 3 is 2.79 bits per heavy atom. The van der Waals surface area contributed by atoms with Crippen LogP contribution in [0.25, 0.3) is 0 Å². The van der Waals surface area contributed by atoms with Gasteiger partial charge in [0.2, 0.25) is 0 Å². The van der Waals surface area contributed by atoms with Gasteiger partial charge in [-0.2, -0.15) is 5.10 Å². The van der Waals surface area contributed by atoms with Crippen molar-refractivity contribution in [2.45, 2.75) is 25.0 Å². The van der Waals surface area contributed by atoms with Crippen LogP contribution in [0, 0.1) is 0 Å². The highest BCUT2D eigenvalue weighted by molar-refractivity contribution is 8.14. The zero-order valence-electron chi connectivity index (χ0n) is 14.7. The van der Waals surface area contributed by atoms with Gasteiger partial charge in [0.1, 0.15) is 0 Å². The van der Waals surface area contributed by atoms with Crippen molar-refractivity contribution >= 4 is 22.7 Å². The van der Waals surface area contributed by atoms with Crippen molar-refractivity contribution in [3.8, 4) is 11.5 Å². The molecule has 1 N–H and O–H groups in total. The summed E-state index contributed by atoms with van der Waals surface area (Å²) in [5, 5.41) is 15.9. The van der Waals surface area contributed by atoms with Crippen molar-refractivity contribution in [2.24, 2.45) is 5.10 Å². The maximum atomic E-state index is 12.3. The first-order chi connectivity index (χ1) is 11.5. The third-order valence-corrected chi connectivity index (χ3v) is 5.06. The maximum absolute atomic E-state index is 12.3. The van der Waals surface area contributed by atoms with E-state index in [9.17, 15) is 9.90 Å². The quantitative estimate of drug-likeness (QED) is 0.818. The Morgan fingerprint density at radius 1 is 1.42 bits per heavy atom. The van der Waals surface area contributed by atoms with Gasteiger partial charge in [0.15, 0.2) is 11.5 Å². The van der Waals surface area contributed by atoms with E-state index in [0.29, 0.717) is 12.3 Å². The van der Waals surface area contributed by atoms with Gasteiger partial charge in [0.25, 0.3) is 0 Å². The topological polar surface area (TPSA) is 65.4 Å². The molecule has 1 aromatic carbocycles. The van der Waals surface area contributed by atoms with E-state index in [2.05, 4.69) is 10.0 Å². The molecule has 0 fully saturated rings. The van der Waals surface area contributed by atoms with Gasteiger partial charge in [-0.1, -0.05) is 18.7 Å². The van der Waals surface area contributed by atoms with E-state index < -0.39 is 0 Å². The molecule has 0 aliphatic carbocycles. The molecule has 0 radical (unpaired) electrons. The maximum Gasteiger partial charge on any atom is 0.302 e. The Labute approximate surface area is 147 Å². The number of thioether (sulfide) groups is 1. The van der Waals surface area contributed by atoms with E-state index in [4.69, 9.17) is 4.74 Å². The molecule has 1 aromatic rings. The minimum atomic E-state index is -0.00454. The minimum Gasteiger partial charge on any atom is -0.504 e. The van der Waals surface area contributed by atoms with Gasteiger partial charge in [-0.25, -0.2) is 5.01 Å². The molecule has 0 saturated heterocycles. The molecule has 0 saturated carbocycles. The number of nitrogens with zero attached hydrogens (tertiary/aromatic N) is 3. The number of phenolic OH excluding ortho intramolecular Hbond substituents is 1. The van der Waals surface area contributed by atoms with E-state index >= 15 is 0 Å². The van der Waals surface area contributed by atoms with Gasteiger partial charge < -0.3 is 14.7 Å². The van der Waals surface area contributed by atoms with Crippen LogP contribution in [0.5, 0.6) is 11.5 Å². The number of carbonyl (C=O) groups is 1. The lowest BCUT2D eigenvalue weighted by Gasteiger charge is -2.28. The highest BCUT2D eigenvalue weighted by Crippen LogP contribution is 2.32. The summed E-state index contributed by atoms with van der Waals surface area (Å²) in [6.45, 7) is 3.54. The van der Waals surface area contributed by atoms with Crippen LogP contribution in [0.1, 0.15) is 25.3 Å². The third kappa shape index (κ3) is 4.42. The zero-order valence-corrected chi connectivity index (χ0v) is 15.5. The lowest BCUT2D eigenvalue weighted by Crippen LogP contribution is -2.36. The van der Waals surface area contributed by atoms with Crippen molar-refractivity contribution in [2.75, 3.05) is 34.3 Å². The monoisotopic (exact) mass is 351 g/mol. The Hall–Kier alpha value is -1.73. The van der Waals surface area contributed by atoms with E-state index in [1.807, 2.05) is 27.1 Å². The summed E-state index contributed by atoms with van der Waals surface area (Å²) >= 11 is 1.31. The number of hydrazone groups is 1. The Kier molecular flexibility index (Phi) is 6.51. The molecule has 132 valence electrons. The second-order valence-electron chi connectivity index (χ2n) is 5.93. The molecule has 1 aliphatic rings. The first kappa shape index (κ1) is 18.6. The van der Waals surface area contributed by atoms with Gasteiger partial charge in [0.05, 0.1) is 18.1 Å². The average Bonchev–Trinajstić information content (AvgIpc) is 2.56. The number of rotatable bonds is 7. The van der Waals surface area contributed by atoms with Crippen molar-refractivity contribution in [3.63, 3.8) is 0 Å². The molecule has 0 aromatic heterocycles. The molecule has 24 heavy (non-hydrogen) atoms. The van der Waals surface area contributed by atoms with Gasteiger partial charge in [-0.05, 0) is 51.7 Å². The number of aromatic hydroxyl groups is 1. The fourth-order valence-electron chi connectivity index (χ4n) is 2.51. The first-order valence-electron chi connectivity index (χ1n) is 8.05. The number of carbonyl (C=O) groups excluding carboxylic acids is 1. The predicted molar refractivity (Wildman–Crippen MR) is 98.1 cm³/mol. The van der Waals surface area contributed by atoms with Crippen molar-refractivity contribution in [1.29, 1.82) is 0 Å². The number of hydrogen-bond acceptors (Lipinski definition) is 6. The molecule has 1 atom stereocenters. The molecule has 6 nitrogen and oxygen atoms in total. The molecule has 1 heterocycles. The van der Waals surface area contributed by atoms with Gasteiger partial charge in [0, 0.05) is 12.1 Å². The molecule has 1 unspecified atom stereocenters. The minimum absolute atomic E-state index is 0.00454. The number of methoxy groups -OCH3 is 1. The van der Waals surface area contributed by atoms with Crippen molar-refractivity contribution < 1.29 is 14.6 Å². The molecule has 0 bridgehead atoms. The number of amides is 1. The van der Waals surface area contributed by atoms with Crippen LogP contribution in [-0.4, -0.2) is 65.5 Å². The van der Waals surface area contributed by atoms with E-state index in [1.54, 1.807) is 17.1 Å². The molecule has 1 aliphatic heterocycles. The first-order valence-corrected chi connectivity index (χ1v) is 8.93. The van der Waals surface area contributed by atoms with Crippen LogP contribution in [0.15, 0.2) is 23.3 Å². The van der Waals surface area contributed by atoms with Crippen molar-refractivity contribution in [1.82, 2.24) is 9.91 Å². The normalized spacial score (nSPS) is 18.0.